The van der Waals surface area contributed by atoms with Crippen molar-refractivity contribution in [2.45, 2.75) is 19.8 Å². The van der Waals surface area contributed by atoms with E-state index in [1.165, 1.54) is 0 Å². The number of nitrogens with zero attached hydrogens (tertiary/aromatic N) is 1. The summed E-state index contributed by atoms with van der Waals surface area (Å²) in [6.07, 6.45) is 1.34. The smallest absolute Gasteiger partial charge is 0.239 e. The number of hydrogen-bond donors (Lipinski definition) is 1. The number of rotatable bonds is 7. The van der Waals surface area contributed by atoms with Gasteiger partial charge in [0.15, 0.2) is 0 Å². The van der Waals surface area contributed by atoms with E-state index in [1.54, 1.807) is 4.90 Å². The first-order valence-electron chi connectivity index (χ1n) is 7.46. The molecule has 1 heterocycles. The lowest BCUT2D eigenvalue weighted by atomic mass is 10.1. The van der Waals surface area contributed by atoms with Gasteiger partial charge in [-0.2, -0.15) is 0 Å². The molecule has 5 heteroatoms. The molecule has 5 nitrogen and oxygen atoms in total. The van der Waals surface area contributed by atoms with E-state index >= 15 is 0 Å². The Balaban J connectivity index is 1.82. The Morgan fingerprint density at radius 3 is 2.86 bits per heavy atom. The highest BCUT2D eigenvalue weighted by atomic mass is 16.5. The number of ether oxygens (including phenoxy) is 1. The Labute approximate surface area is 125 Å². The molecule has 114 valence electrons. The van der Waals surface area contributed by atoms with Gasteiger partial charge in [0.2, 0.25) is 11.8 Å². The summed E-state index contributed by atoms with van der Waals surface area (Å²) in [5.41, 5.74) is 0.856. The van der Waals surface area contributed by atoms with Crippen LogP contribution in [0.15, 0.2) is 30.3 Å². The molecule has 0 bridgehead atoms. The molecule has 0 aliphatic carbocycles. The van der Waals surface area contributed by atoms with Crippen molar-refractivity contribution < 1.29 is 14.3 Å². The van der Waals surface area contributed by atoms with Crippen molar-refractivity contribution in [2.24, 2.45) is 5.92 Å². The molecule has 21 heavy (non-hydrogen) atoms. The zero-order valence-corrected chi connectivity index (χ0v) is 12.4. The van der Waals surface area contributed by atoms with Crippen LogP contribution in [0.2, 0.25) is 0 Å². The number of amides is 2. The zero-order chi connectivity index (χ0) is 15.1. The molecule has 1 aliphatic heterocycles. The lowest BCUT2D eigenvalue weighted by molar-refractivity contribution is -0.132. The molecule has 0 saturated carbocycles. The van der Waals surface area contributed by atoms with Crippen LogP contribution >= 0.6 is 0 Å². The van der Waals surface area contributed by atoms with E-state index < -0.39 is 5.92 Å². The molecule has 1 aromatic rings. The van der Waals surface area contributed by atoms with E-state index in [2.05, 4.69) is 5.32 Å². The summed E-state index contributed by atoms with van der Waals surface area (Å²) in [6, 6.07) is 9.47. The average Bonchev–Trinajstić information content (AvgIpc) is 2.89. The van der Waals surface area contributed by atoms with E-state index in [1.807, 2.05) is 37.3 Å². The molecule has 2 rings (SSSR count). The number of para-hydroxylation sites is 1. The fourth-order valence-corrected chi connectivity index (χ4v) is 2.44. The second-order valence-corrected chi connectivity index (χ2v) is 5.01. The average molecular weight is 290 g/mol. The second-order valence-electron chi connectivity index (χ2n) is 5.01. The predicted octanol–water partition coefficient (Wildman–Crippen LogP) is 1.58. The first-order valence-corrected chi connectivity index (χ1v) is 7.46. The summed E-state index contributed by atoms with van der Waals surface area (Å²) in [5, 5.41) is 2.82. The fraction of sp³-hybridized carbons (Fsp3) is 0.500. The van der Waals surface area contributed by atoms with Crippen LogP contribution in [0.1, 0.15) is 19.8 Å². The Morgan fingerprint density at radius 2 is 2.14 bits per heavy atom. The summed E-state index contributed by atoms with van der Waals surface area (Å²) in [5.74, 6) is -0.837. The zero-order valence-electron chi connectivity index (χ0n) is 12.4. The first-order chi connectivity index (χ1) is 10.2. The quantitative estimate of drug-likeness (QED) is 0.613. The predicted molar refractivity (Wildman–Crippen MR) is 81.0 cm³/mol. The van der Waals surface area contributed by atoms with E-state index in [0.717, 1.165) is 12.1 Å². The summed E-state index contributed by atoms with van der Waals surface area (Å²) >= 11 is 0. The highest BCUT2D eigenvalue weighted by Crippen LogP contribution is 2.24. The van der Waals surface area contributed by atoms with Crippen LogP contribution in [0.5, 0.6) is 0 Å². The van der Waals surface area contributed by atoms with Crippen molar-refractivity contribution in [1.82, 2.24) is 5.32 Å². The standard InChI is InChI=1S/C16H22N2O3/c1-2-21-12-6-10-17-15(19)14-9-11-18(16(14)20)13-7-4-3-5-8-13/h3-5,7-8,14H,2,6,9-12H2,1H3,(H,17,19)/t14-/m1/s1. The van der Waals surface area contributed by atoms with Gasteiger partial charge in [-0.3, -0.25) is 9.59 Å². The van der Waals surface area contributed by atoms with Crippen LogP contribution in [0.4, 0.5) is 5.69 Å². The van der Waals surface area contributed by atoms with Crippen molar-refractivity contribution >= 4 is 17.5 Å². The van der Waals surface area contributed by atoms with Crippen LogP contribution in [0.3, 0.4) is 0 Å². The summed E-state index contributed by atoms with van der Waals surface area (Å²) < 4.78 is 5.21. The van der Waals surface area contributed by atoms with Gasteiger partial charge in [-0.25, -0.2) is 0 Å². The van der Waals surface area contributed by atoms with Crippen molar-refractivity contribution in [3.63, 3.8) is 0 Å². The molecule has 1 fully saturated rings. The lowest BCUT2D eigenvalue weighted by Gasteiger charge is -2.16. The molecule has 0 spiro atoms. The van der Waals surface area contributed by atoms with E-state index in [0.29, 0.717) is 32.7 Å². The van der Waals surface area contributed by atoms with Gasteiger partial charge in [0.1, 0.15) is 5.92 Å². The normalized spacial score (nSPS) is 18.0. The summed E-state index contributed by atoms with van der Waals surface area (Å²) in [6.45, 7) is 4.40. The SMILES string of the molecule is CCOCCCNC(=O)[C@H]1CCN(c2ccccc2)C1=O. The minimum absolute atomic E-state index is 0.108. The fourth-order valence-electron chi connectivity index (χ4n) is 2.44. The molecule has 1 N–H and O–H groups in total. The molecule has 1 aromatic carbocycles. The Hall–Kier alpha value is -1.88. The number of hydrogen-bond acceptors (Lipinski definition) is 3. The Bertz CT molecular complexity index is 476. The van der Waals surface area contributed by atoms with Gasteiger partial charge in [0.25, 0.3) is 0 Å². The highest BCUT2D eigenvalue weighted by Gasteiger charge is 2.37. The van der Waals surface area contributed by atoms with Gasteiger partial charge < -0.3 is 15.0 Å². The monoisotopic (exact) mass is 290 g/mol. The van der Waals surface area contributed by atoms with Crippen LogP contribution in [-0.4, -0.2) is 38.1 Å². The molecule has 0 aromatic heterocycles. The molecular weight excluding hydrogens is 268 g/mol. The molecule has 1 saturated heterocycles. The molecular formula is C16H22N2O3. The van der Waals surface area contributed by atoms with E-state index in [4.69, 9.17) is 4.74 Å². The third-order valence-electron chi connectivity index (χ3n) is 3.56. The maximum atomic E-state index is 12.3. The van der Waals surface area contributed by atoms with Crippen LogP contribution in [0.25, 0.3) is 0 Å². The number of carbonyl (C=O) groups excluding carboxylic acids is 2. The molecule has 0 radical (unpaired) electrons. The Kier molecular flexibility index (Phi) is 5.75. The lowest BCUT2D eigenvalue weighted by Crippen LogP contribution is -2.37. The minimum Gasteiger partial charge on any atom is -0.382 e. The third kappa shape index (κ3) is 4.04. The minimum atomic E-state index is -0.558. The molecule has 2 amide bonds. The van der Waals surface area contributed by atoms with Crippen molar-refractivity contribution in [2.75, 3.05) is 31.2 Å². The summed E-state index contributed by atoms with van der Waals surface area (Å²) in [7, 11) is 0. The number of benzene rings is 1. The van der Waals surface area contributed by atoms with Gasteiger partial charge >= 0.3 is 0 Å². The van der Waals surface area contributed by atoms with Gasteiger partial charge in [-0.15, -0.1) is 0 Å². The molecule has 0 unspecified atom stereocenters. The number of carbonyl (C=O) groups is 2. The summed E-state index contributed by atoms with van der Waals surface area (Å²) in [4.78, 5) is 26.1. The van der Waals surface area contributed by atoms with Gasteiger partial charge in [0.05, 0.1) is 0 Å². The van der Waals surface area contributed by atoms with Crippen LogP contribution < -0.4 is 10.2 Å². The van der Waals surface area contributed by atoms with Crippen molar-refractivity contribution in [3.8, 4) is 0 Å². The van der Waals surface area contributed by atoms with E-state index in [-0.39, 0.29) is 11.8 Å². The maximum absolute atomic E-state index is 12.3. The second kappa shape index (κ2) is 7.78. The highest BCUT2D eigenvalue weighted by molar-refractivity contribution is 6.09. The van der Waals surface area contributed by atoms with Crippen LogP contribution in [0, 0.1) is 5.92 Å². The largest absolute Gasteiger partial charge is 0.382 e. The first kappa shape index (κ1) is 15.5. The van der Waals surface area contributed by atoms with Gasteiger partial charge in [0, 0.05) is 32.0 Å². The van der Waals surface area contributed by atoms with Gasteiger partial charge in [-0.05, 0) is 31.9 Å². The number of anilines is 1. The van der Waals surface area contributed by atoms with Crippen LogP contribution in [-0.2, 0) is 14.3 Å². The van der Waals surface area contributed by atoms with Crippen molar-refractivity contribution in [1.29, 1.82) is 0 Å². The van der Waals surface area contributed by atoms with Crippen molar-refractivity contribution in [3.05, 3.63) is 30.3 Å². The topological polar surface area (TPSA) is 58.6 Å². The maximum Gasteiger partial charge on any atom is 0.239 e. The molecule has 1 atom stereocenters. The number of nitrogens with one attached hydrogen (secondary N) is 1. The third-order valence-corrected chi connectivity index (χ3v) is 3.56. The molecule has 1 aliphatic rings. The van der Waals surface area contributed by atoms with E-state index in [9.17, 15) is 9.59 Å². The Morgan fingerprint density at radius 1 is 1.38 bits per heavy atom. The van der Waals surface area contributed by atoms with Gasteiger partial charge in [-0.1, -0.05) is 18.2 Å².